The van der Waals surface area contributed by atoms with Gasteiger partial charge in [-0.2, -0.15) is 0 Å². The van der Waals surface area contributed by atoms with Gasteiger partial charge in [0.2, 0.25) is 17.7 Å². The topological polar surface area (TPSA) is 90.5 Å². The molecule has 0 saturated heterocycles. The maximum atomic E-state index is 12.7. The predicted molar refractivity (Wildman–Crippen MR) is 136 cm³/mol. The van der Waals surface area contributed by atoms with Gasteiger partial charge in [0.1, 0.15) is 0 Å². The number of nitrogens with one attached hydrogen (secondary N) is 3. The van der Waals surface area contributed by atoms with Gasteiger partial charge in [-0.05, 0) is 54.4 Å². The Morgan fingerprint density at radius 1 is 0.706 bits per heavy atom. The van der Waals surface area contributed by atoms with Crippen LogP contribution in [0.1, 0.15) is 25.0 Å². The molecule has 0 heterocycles. The molecular formula is C27H30N4O3. The molecule has 3 aromatic carbocycles. The molecule has 0 aliphatic carbocycles. The minimum Gasteiger partial charge on any atom is -0.326 e. The highest BCUT2D eigenvalue weighted by Crippen LogP contribution is 2.19. The Morgan fingerprint density at radius 2 is 1.26 bits per heavy atom. The van der Waals surface area contributed by atoms with Crippen molar-refractivity contribution in [2.75, 3.05) is 35.6 Å². The van der Waals surface area contributed by atoms with E-state index in [4.69, 9.17) is 0 Å². The number of amides is 3. The molecule has 3 rings (SSSR count). The van der Waals surface area contributed by atoms with Gasteiger partial charge in [0, 0.05) is 24.0 Å². The maximum absolute atomic E-state index is 12.7. The van der Waals surface area contributed by atoms with Crippen LogP contribution in [0.5, 0.6) is 0 Å². The van der Waals surface area contributed by atoms with Crippen molar-refractivity contribution in [3.8, 4) is 0 Å². The van der Waals surface area contributed by atoms with Gasteiger partial charge in [0.25, 0.3) is 0 Å². The summed E-state index contributed by atoms with van der Waals surface area (Å²) >= 11 is 0. The summed E-state index contributed by atoms with van der Waals surface area (Å²) in [6.45, 7) is 4.08. The Kier molecular flexibility index (Phi) is 8.94. The van der Waals surface area contributed by atoms with Crippen LogP contribution in [0.4, 0.5) is 17.1 Å². The molecule has 0 aliphatic rings. The van der Waals surface area contributed by atoms with Crippen LogP contribution in [0.15, 0.2) is 78.9 Å². The van der Waals surface area contributed by atoms with Gasteiger partial charge >= 0.3 is 0 Å². The van der Waals surface area contributed by atoms with Crippen molar-refractivity contribution in [2.24, 2.45) is 0 Å². The molecule has 7 nitrogen and oxygen atoms in total. The molecule has 0 fully saturated rings. The second-order valence-electron chi connectivity index (χ2n) is 7.98. The van der Waals surface area contributed by atoms with E-state index in [2.05, 4.69) is 28.1 Å². The zero-order valence-corrected chi connectivity index (χ0v) is 19.5. The fourth-order valence-electron chi connectivity index (χ4n) is 3.53. The van der Waals surface area contributed by atoms with Crippen molar-refractivity contribution >= 4 is 34.8 Å². The number of benzene rings is 3. The highest BCUT2D eigenvalue weighted by Gasteiger charge is 2.15. The smallest absolute Gasteiger partial charge is 0.238 e. The van der Waals surface area contributed by atoms with Crippen LogP contribution in [0, 0.1) is 0 Å². The first-order chi connectivity index (χ1) is 16.4. The summed E-state index contributed by atoms with van der Waals surface area (Å²) in [5.41, 5.74) is 4.25. The third kappa shape index (κ3) is 7.86. The number of hydrogen-bond donors (Lipinski definition) is 3. The van der Waals surface area contributed by atoms with E-state index >= 15 is 0 Å². The first-order valence-corrected chi connectivity index (χ1v) is 11.2. The highest BCUT2D eigenvalue weighted by atomic mass is 16.2. The number of hydrogen-bond acceptors (Lipinski definition) is 4. The van der Waals surface area contributed by atoms with E-state index < -0.39 is 0 Å². The number of para-hydroxylation sites is 1. The number of likely N-dealkylation sites (N-methyl/N-ethyl adjacent to an activating group) is 1. The van der Waals surface area contributed by atoms with E-state index in [1.54, 1.807) is 29.2 Å². The van der Waals surface area contributed by atoms with Gasteiger partial charge in [-0.15, -0.1) is 0 Å². The van der Waals surface area contributed by atoms with E-state index in [1.807, 2.05) is 49.4 Å². The molecule has 176 valence electrons. The Hall–Kier alpha value is -3.97. The van der Waals surface area contributed by atoms with E-state index in [1.165, 1.54) is 12.5 Å². The van der Waals surface area contributed by atoms with Gasteiger partial charge < -0.3 is 16.0 Å². The van der Waals surface area contributed by atoms with Crippen molar-refractivity contribution in [1.82, 2.24) is 4.90 Å². The van der Waals surface area contributed by atoms with Crippen molar-refractivity contribution in [3.05, 3.63) is 90.0 Å². The van der Waals surface area contributed by atoms with E-state index in [0.717, 1.165) is 17.7 Å². The number of nitrogens with zero attached hydrogens (tertiary/aromatic N) is 1. The molecule has 0 saturated carbocycles. The Labute approximate surface area is 200 Å². The summed E-state index contributed by atoms with van der Waals surface area (Å²) in [4.78, 5) is 38.1. The first-order valence-electron chi connectivity index (χ1n) is 11.2. The zero-order valence-electron chi connectivity index (χ0n) is 19.5. The molecule has 34 heavy (non-hydrogen) atoms. The van der Waals surface area contributed by atoms with Crippen molar-refractivity contribution in [1.29, 1.82) is 0 Å². The average molecular weight is 459 g/mol. The first kappa shape index (κ1) is 24.7. The molecular weight excluding hydrogens is 428 g/mol. The normalized spacial score (nSPS) is 10.6. The standard InChI is InChI=1S/C27H30N4O3/c1-3-31(18-26(33)29-24-15-13-23(14-16-24)28-20(2)32)19-27(34)30-25-12-8-7-11-22(25)17-21-9-5-4-6-10-21/h4-16H,3,17-19H2,1-2H3,(H,28,32)(H,29,33)(H,30,34). The molecule has 0 unspecified atom stereocenters. The van der Waals surface area contributed by atoms with Crippen LogP contribution in [-0.2, 0) is 20.8 Å². The maximum Gasteiger partial charge on any atom is 0.238 e. The summed E-state index contributed by atoms with van der Waals surface area (Å²) < 4.78 is 0. The lowest BCUT2D eigenvalue weighted by molar-refractivity contribution is -0.120. The molecule has 3 aromatic rings. The number of carbonyl (C=O) groups excluding carboxylic acids is 3. The second kappa shape index (κ2) is 12.3. The van der Waals surface area contributed by atoms with Crippen molar-refractivity contribution in [2.45, 2.75) is 20.3 Å². The van der Waals surface area contributed by atoms with Gasteiger partial charge in [-0.3, -0.25) is 19.3 Å². The lowest BCUT2D eigenvalue weighted by atomic mass is 10.0. The molecule has 0 aromatic heterocycles. The quantitative estimate of drug-likeness (QED) is 0.426. The van der Waals surface area contributed by atoms with Gasteiger partial charge in [0.05, 0.1) is 13.1 Å². The summed E-state index contributed by atoms with van der Waals surface area (Å²) in [6.07, 6.45) is 0.720. The van der Waals surface area contributed by atoms with E-state index in [-0.39, 0.29) is 30.8 Å². The third-order valence-electron chi connectivity index (χ3n) is 5.20. The lowest BCUT2D eigenvalue weighted by Crippen LogP contribution is -2.38. The minimum atomic E-state index is -0.216. The largest absolute Gasteiger partial charge is 0.326 e. The monoisotopic (exact) mass is 458 g/mol. The zero-order chi connectivity index (χ0) is 24.3. The number of carbonyl (C=O) groups is 3. The van der Waals surface area contributed by atoms with Crippen LogP contribution in [0.25, 0.3) is 0 Å². The summed E-state index contributed by atoms with van der Waals surface area (Å²) in [5.74, 6) is -0.544. The molecule has 0 bridgehead atoms. The summed E-state index contributed by atoms with van der Waals surface area (Å²) in [5, 5.41) is 8.50. The summed E-state index contributed by atoms with van der Waals surface area (Å²) in [6, 6.07) is 24.7. The van der Waals surface area contributed by atoms with Crippen molar-refractivity contribution < 1.29 is 14.4 Å². The molecule has 0 radical (unpaired) electrons. The number of rotatable bonds is 10. The molecule has 0 atom stereocenters. The lowest BCUT2D eigenvalue weighted by Gasteiger charge is -2.20. The highest BCUT2D eigenvalue weighted by molar-refractivity contribution is 5.95. The fourth-order valence-corrected chi connectivity index (χ4v) is 3.53. The Bertz CT molecular complexity index is 1110. The SMILES string of the molecule is CCN(CC(=O)Nc1ccc(NC(C)=O)cc1)CC(=O)Nc1ccccc1Cc1ccccc1. The van der Waals surface area contributed by atoms with Gasteiger partial charge in [-0.25, -0.2) is 0 Å². The molecule has 0 spiro atoms. The average Bonchev–Trinajstić information content (AvgIpc) is 2.81. The van der Waals surface area contributed by atoms with Crippen LogP contribution in [-0.4, -0.2) is 42.3 Å². The number of anilines is 3. The van der Waals surface area contributed by atoms with Crippen molar-refractivity contribution in [3.63, 3.8) is 0 Å². The van der Waals surface area contributed by atoms with Crippen LogP contribution < -0.4 is 16.0 Å². The minimum absolute atomic E-state index is 0.0863. The summed E-state index contributed by atoms with van der Waals surface area (Å²) in [7, 11) is 0. The molecule has 3 amide bonds. The van der Waals surface area contributed by atoms with E-state index in [0.29, 0.717) is 17.9 Å². The van der Waals surface area contributed by atoms with Gasteiger partial charge in [0.15, 0.2) is 0 Å². The van der Waals surface area contributed by atoms with Gasteiger partial charge in [-0.1, -0.05) is 55.5 Å². The molecule has 3 N–H and O–H groups in total. The molecule has 0 aliphatic heterocycles. The second-order valence-corrected chi connectivity index (χ2v) is 7.98. The molecule has 7 heteroatoms. The Morgan fingerprint density at radius 3 is 1.88 bits per heavy atom. The van der Waals surface area contributed by atoms with Crippen LogP contribution >= 0.6 is 0 Å². The van der Waals surface area contributed by atoms with Crippen LogP contribution in [0.3, 0.4) is 0 Å². The Balaban J connectivity index is 1.54. The predicted octanol–water partition coefficient (Wildman–Crippen LogP) is 4.13. The van der Waals surface area contributed by atoms with Crippen LogP contribution in [0.2, 0.25) is 0 Å². The third-order valence-corrected chi connectivity index (χ3v) is 5.20. The van der Waals surface area contributed by atoms with E-state index in [9.17, 15) is 14.4 Å². The fraction of sp³-hybridized carbons (Fsp3) is 0.222.